The van der Waals surface area contributed by atoms with Gasteiger partial charge < -0.3 is 15.1 Å². The normalized spacial score (nSPS) is 16.1. The number of rotatable bonds is 3. The van der Waals surface area contributed by atoms with E-state index in [2.05, 4.69) is 0 Å². The Labute approximate surface area is 143 Å². The molecule has 2 rings (SSSR count). The van der Waals surface area contributed by atoms with Crippen molar-refractivity contribution in [1.82, 2.24) is 4.90 Å². The summed E-state index contributed by atoms with van der Waals surface area (Å²) in [7, 11) is 1.63. The van der Waals surface area contributed by atoms with Crippen LogP contribution < -0.4 is 0 Å². The Morgan fingerprint density at radius 3 is 1.96 bits per heavy atom. The molecular formula is C16H15Cl2NO4. The van der Waals surface area contributed by atoms with Gasteiger partial charge in [0.05, 0.1) is 27.1 Å². The first kappa shape index (κ1) is 17.4. The summed E-state index contributed by atoms with van der Waals surface area (Å²) in [6, 6.07) is 4.78. The average molecular weight is 356 g/mol. The largest absolute Gasteiger partial charge is 0.478 e. The molecule has 1 aliphatic rings. The molecule has 2 N–H and O–H groups in total. The number of hydrogen-bond acceptors (Lipinski definition) is 3. The summed E-state index contributed by atoms with van der Waals surface area (Å²) in [6.07, 6.45) is 0. The molecule has 0 bridgehead atoms. The van der Waals surface area contributed by atoms with E-state index in [-0.39, 0.29) is 21.2 Å². The molecular weight excluding hydrogens is 341 g/mol. The van der Waals surface area contributed by atoms with Gasteiger partial charge in [0.2, 0.25) is 0 Å². The predicted molar refractivity (Wildman–Crippen MR) is 87.6 cm³/mol. The number of benzene rings is 1. The van der Waals surface area contributed by atoms with Crippen LogP contribution in [0.25, 0.3) is 0 Å². The monoisotopic (exact) mass is 355 g/mol. The lowest BCUT2D eigenvalue weighted by Gasteiger charge is -2.35. The Hall–Kier alpha value is -1.98. The van der Waals surface area contributed by atoms with Gasteiger partial charge in [0, 0.05) is 18.4 Å². The van der Waals surface area contributed by atoms with Gasteiger partial charge in [0.1, 0.15) is 0 Å². The third-order valence-corrected chi connectivity index (χ3v) is 4.95. The van der Waals surface area contributed by atoms with Crippen LogP contribution in [0.2, 0.25) is 10.0 Å². The third kappa shape index (κ3) is 2.82. The summed E-state index contributed by atoms with van der Waals surface area (Å²) >= 11 is 12.2. The Morgan fingerprint density at radius 1 is 1.04 bits per heavy atom. The fourth-order valence-corrected chi connectivity index (χ4v) is 3.20. The topological polar surface area (TPSA) is 77.8 Å². The van der Waals surface area contributed by atoms with Crippen LogP contribution in [0.3, 0.4) is 0 Å². The van der Waals surface area contributed by atoms with E-state index in [0.29, 0.717) is 17.0 Å². The molecule has 122 valence electrons. The molecule has 1 aromatic rings. The molecule has 5 nitrogen and oxygen atoms in total. The van der Waals surface area contributed by atoms with Crippen LogP contribution in [0.15, 0.2) is 40.7 Å². The summed E-state index contributed by atoms with van der Waals surface area (Å²) in [6.45, 7) is 3.27. The molecule has 0 spiro atoms. The van der Waals surface area contributed by atoms with Gasteiger partial charge in [-0.2, -0.15) is 0 Å². The second-order valence-corrected chi connectivity index (χ2v) is 6.03. The number of aliphatic carboxylic acids is 2. The van der Waals surface area contributed by atoms with Gasteiger partial charge in [-0.25, -0.2) is 9.59 Å². The van der Waals surface area contributed by atoms with Crippen molar-refractivity contribution in [3.63, 3.8) is 0 Å². The number of allylic oxidation sites excluding steroid dienone is 2. The second kappa shape index (κ2) is 6.26. The summed E-state index contributed by atoms with van der Waals surface area (Å²) < 4.78 is 0. The summed E-state index contributed by atoms with van der Waals surface area (Å²) in [4.78, 5) is 25.1. The molecule has 0 saturated heterocycles. The van der Waals surface area contributed by atoms with Crippen molar-refractivity contribution in [3.05, 3.63) is 56.3 Å². The minimum absolute atomic E-state index is 0.0281. The number of halogens is 2. The molecule has 0 fully saturated rings. The van der Waals surface area contributed by atoms with Crippen LogP contribution in [-0.2, 0) is 9.59 Å². The molecule has 7 heteroatoms. The number of carboxylic acids is 2. The van der Waals surface area contributed by atoms with Crippen LogP contribution in [-0.4, -0.2) is 34.1 Å². The zero-order valence-corrected chi connectivity index (χ0v) is 14.2. The maximum atomic E-state index is 11.8. The molecule has 1 heterocycles. The van der Waals surface area contributed by atoms with E-state index in [9.17, 15) is 19.8 Å². The molecule has 0 amide bonds. The molecule has 0 saturated carbocycles. The number of carbonyl (C=O) groups is 2. The minimum Gasteiger partial charge on any atom is -0.478 e. The molecule has 0 radical (unpaired) electrons. The molecule has 0 atom stereocenters. The van der Waals surface area contributed by atoms with Crippen LogP contribution in [0, 0.1) is 0 Å². The first-order chi connectivity index (χ1) is 10.7. The smallest absolute Gasteiger partial charge is 0.334 e. The molecule has 23 heavy (non-hydrogen) atoms. The average Bonchev–Trinajstić information content (AvgIpc) is 2.46. The van der Waals surface area contributed by atoms with Crippen LogP contribution in [0.5, 0.6) is 0 Å². The highest BCUT2D eigenvalue weighted by Crippen LogP contribution is 2.44. The van der Waals surface area contributed by atoms with Crippen molar-refractivity contribution in [2.24, 2.45) is 0 Å². The molecule has 0 aromatic heterocycles. The number of hydrogen-bond donors (Lipinski definition) is 2. The number of carboxylic acid groups (broad SMARTS) is 2. The minimum atomic E-state index is -1.19. The van der Waals surface area contributed by atoms with Gasteiger partial charge in [0.15, 0.2) is 0 Å². The van der Waals surface area contributed by atoms with Gasteiger partial charge in [-0.1, -0.05) is 35.3 Å². The predicted octanol–water partition coefficient (Wildman–Crippen LogP) is 3.74. The standard InChI is InChI=1S/C16H15Cl2NO4/c1-7-11(15(20)21)13(9-5-4-6-10(17)14(9)18)12(16(22)23)8(2)19(7)3/h4-6,13H,1-3H3,(H,20,21)(H,22,23). The first-order valence-electron chi connectivity index (χ1n) is 6.74. The molecule has 1 aliphatic heterocycles. The Bertz CT molecular complexity index is 729. The van der Waals surface area contributed by atoms with Gasteiger partial charge in [-0.15, -0.1) is 0 Å². The van der Waals surface area contributed by atoms with Crippen molar-refractivity contribution in [2.45, 2.75) is 19.8 Å². The lowest BCUT2D eigenvalue weighted by atomic mass is 9.80. The van der Waals surface area contributed by atoms with E-state index in [4.69, 9.17) is 23.2 Å². The van der Waals surface area contributed by atoms with E-state index < -0.39 is 17.9 Å². The van der Waals surface area contributed by atoms with Gasteiger partial charge in [-0.3, -0.25) is 0 Å². The van der Waals surface area contributed by atoms with E-state index in [1.807, 2.05) is 0 Å². The fourth-order valence-electron chi connectivity index (χ4n) is 2.79. The lowest BCUT2D eigenvalue weighted by molar-refractivity contribution is -0.133. The van der Waals surface area contributed by atoms with E-state index in [1.165, 1.54) is 0 Å². The van der Waals surface area contributed by atoms with Crippen molar-refractivity contribution in [2.75, 3.05) is 7.05 Å². The molecule has 1 aromatic carbocycles. The quantitative estimate of drug-likeness (QED) is 0.863. The van der Waals surface area contributed by atoms with Crippen LogP contribution in [0.1, 0.15) is 25.3 Å². The first-order valence-corrected chi connectivity index (χ1v) is 7.49. The van der Waals surface area contributed by atoms with Gasteiger partial charge >= 0.3 is 11.9 Å². The maximum Gasteiger partial charge on any atom is 0.334 e. The third-order valence-electron chi connectivity index (χ3n) is 4.12. The van der Waals surface area contributed by atoms with E-state index in [0.717, 1.165) is 0 Å². The lowest BCUT2D eigenvalue weighted by Crippen LogP contribution is -2.32. The SMILES string of the molecule is CC1=C(C(=O)O)C(c2cccc(Cl)c2Cl)C(C(=O)O)=C(C)N1C. The zero-order chi connectivity index (χ0) is 17.5. The maximum absolute atomic E-state index is 11.8. The van der Waals surface area contributed by atoms with Crippen molar-refractivity contribution >= 4 is 35.1 Å². The molecule has 0 aliphatic carbocycles. The summed E-state index contributed by atoms with van der Waals surface area (Å²) in [5, 5.41) is 19.7. The summed E-state index contributed by atoms with van der Waals surface area (Å²) in [5.41, 5.74) is 1.22. The summed E-state index contributed by atoms with van der Waals surface area (Å²) in [5.74, 6) is -3.38. The number of nitrogens with zero attached hydrogens (tertiary/aromatic N) is 1. The van der Waals surface area contributed by atoms with Crippen molar-refractivity contribution < 1.29 is 19.8 Å². The Kier molecular flexibility index (Phi) is 4.73. The van der Waals surface area contributed by atoms with Crippen molar-refractivity contribution in [1.29, 1.82) is 0 Å². The van der Waals surface area contributed by atoms with Crippen LogP contribution in [0.4, 0.5) is 0 Å². The van der Waals surface area contributed by atoms with Gasteiger partial charge in [-0.05, 0) is 25.5 Å². The second-order valence-electron chi connectivity index (χ2n) is 5.24. The van der Waals surface area contributed by atoms with Crippen LogP contribution >= 0.6 is 23.2 Å². The highest BCUT2D eigenvalue weighted by Gasteiger charge is 2.39. The van der Waals surface area contributed by atoms with Gasteiger partial charge in [0.25, 0.3) is 0 Å². The zero-order valence-electron chi connectivity index (χ0n) is 12.7. The van der Waals surface area contributed by atoms with E-state index >= 15 is 0 Å². The highest BCUT2D eigenvalue weighted by atomic mass is 35.5. The van der Waals surface area contributed by atoms with E-state index in [1.54, 1.807) is 44.0 Å². The Morgan fingerprint density at radius 2 is 1.52 bits per heavy atom. The van der Waals surface area contributed by atoms with Crippen molar-refractivity contribution in [3.8, 4) is 0 Å². The Balaban J connectivity index is 2.84. The highest BCUT2D eigenvalue weighted by molar-refractivity contribution is 6.42. The fraction of sp³-hybridized carbons (Fsp3) is 0.250. The molecule has 0 unspecified atom stereocenters.